The predicted octanol–water partition coefficient (Wildman–Crippen LogP) is 4.75. The van der Waals surface area contributed by atoms with Gasteiger partial charge in [0.1, 0.15) is 17.6 Å². The summed E-state index contributed by atoms with van der Waals surface area (Å²) in [5.41, 5.74) is -0.817. The smallest absolute Gasteiger partial charge is 0.314 e. The molecule has 148 valence electrons. The summed E-state index contributed by atoms with van der Waals surface area (Å²) in [4.78, 5) is 11.6. The Kier molecular flexibility index (Phi) is 11.4. The van der Waals surface area contributed by atoms with Crippen LogP contribution in [0.25, 0.3) is 0 Å². The van der Waals surface area contributed by atoms with Gasteiger partial charge in [-0.15, -0.1) is 0 Å². The molecule has 4 heteroatoms. The molecule has 4 nitrogen and oxygen atoms in total. The quantitative estimate of drug-likeness (QED) is 0.328. The summed E-state index contributed by atoms with van der Waals surface area (Å²) in [5, 5.41) is 19.3. The van der Waals surface area contributed by atoms with Gasteiger partial charge in [0, 0.05) is 0 Å². The molecule has 0 aromatic rings. The Morgan fingerprint density at radius 1 is 0.880 bits per heavy atom. The highest BCUT2D eigenvalue weighted by molar-refractivity contribution is 5.76. The minimum Gasteiger partial charge on any atom is -0.456 e. The number of hydrogen-bond acceptors (Lipinski definition) is 4. The molecule has 1 fully saturated rings. The van der Waals surface area contributed by atoms with Crippen LogP contribution in [0.4, 0.5) is 0 Å². The standard InChI is InChI=1S/C21H40O4/c1-3-4-5-6-7-8-9-10-11-12-13-14-15-16-21(2)19(23)18(17-22)20(24)25-21/h18-19,22-23H,3-17H2,1-2H3. The number of unbranched alkanes of at least 4 members (excludes halogenated alkanes) is 12. The molecule has 0 saturated carbocycles. The van der Waals surface area contributed by atoms with Gasteiger partial charge in [-0.1, -0.05) is 84.0 Å². The van der Waals surface area contributed by atoms with Crippen molar-refractivity contribution in [1.82, 2.24) is 0 Å². The number of ether oxygens (including phenoxy) is 1. The van der Waals surface area contributed by atoms with Gasteiger partial charge in [0.15, 0.2) is 0 Å². The van der Waals surface area contributed by atoms with Crippen molar-refractivity contribution in [2.45, 2.75) is 115 Å². The van der Waals surface area contributed by atoms with E-state index in [0.29, 0.717) is 6.42 Å². The third-order valence-electron chi connectivity index (χ3n) is 5.62. The Hall–Kier alpha value is -0.610. The lowest BCUT2D eigenvalue weighted by molar-refractivity contribution is -0.151. The topological polar surface area (TPSA) is 66.8 Å². The van der Waals surface area contributed by atoms with E-state index in [1.807, 2.05) is 0 Å². The van der Waals surface area contributed by atoms with E-state index in [9.17, 15) is 9.90 Å². The van der Waals surface area contributed by atoms with Crippen molar-refractivity contribution in [1.29, 1.82) is 0 Å². The van der Waals surface area contributed by atoms with Crippen LogP contribution >= 0.6 is 0 Å². The van der Waals surface area contributed by atoms with Crippen LogP contribution in [0.5, 0.6) is 0 Å². The van der Waals surface area contributed by atoms with Gasteiger partial charge in [0.25, 0.3) is 0 Å². The molecule has 1 saturated heterocycles. The van der Waals surface area contributed by atoms with E-state index >= 15 is 0 Å². The van der Waals surface area contributed by atoms with Gasteiger partial charge in [-0.25, -0.2) is 0 Å². The summed E-state index contributed by atoms with van der Waals surface area (Å²) in [5.74, 6) is -1.24. The van der Waals surface area contributed by atoms with Crippen molar-refractivity contribution in [2.75, 3.05) is 6.61 Å². The Labute approximate surface area is 154 Å². The van der Waals surface area contributed by atoms with Crippen LogP contribution in [0, 0.1) is 5.92 Å². The number of aliphatic hydroxyl groups is 2. The summed E-state index contributed by atoms with van der Waals surface area (Å²) >= 11 is 0. The van der Waals surface area contributed by atoms with E-state index in [1.54, 1.807) is 6.92 Å². The molecule has 1 aliphatic heterocycles. The summed E-state index contributed by atoms with van der Waals surface area (Å²) < 4.78 is 5.32. The summed E-state index contributed by atoms with van der Waals surface area (Å²) in [7, 11) is 0. The number of esters is 1. The highest BCUT2D eigenvalue weighted by atomic mass is 16.6. The SMILES string of the molecule is CCCCCCCCCCCCCCCC1(C)OC(=O)C(CO)C1O. The molecule has 1 aliphatic rings. The van der Waals surface area contributed by atoms with Crippen molar-refractivity contribution < 1.29 is 19.7 Å². The Morgan fingerprint density at radius 3 is 1.72 bits per heavy atom. The molecule has 0 aromatic carbocycles. The first-order valence-corrected chi connectivity index (χ1v) is 10.6. The average Bonchev–Trinajstić information content (AvgIpc) is 2.80. The molecule has 0 bridgehead atoms. The second-order valence-corrected chi connectivity index (χ2v) is 7.96. The predicted molar refractivity (Wildman–Crippen MR) is 101 cm³/mol. The van der Waals surface area contributed by atoms with Gasteiger partial charge in [-0.05, 0) is 19.8 Å². The molecule has 0 aromatic heterocycles. The fourth-order valence-corrected chi connectivity index (χ4v) is 3.79. The van der Waals surface area contributed by atoms with Crippen molar-refractivity contribution in [3.63, 3.8) is 0 Å². The van der Waals surface area contributed by atoms with E-state index in [2.05, 4.69) is 6.92 Å². The van der Waals surface area contributed by atoms with Gasteiger partial charge < -0.3 is 14.9 Å². The normalized spacial score (nSPS) is 26.2. The molecule has 25 heavy (non-hydrogen) atoms. The molecule has 0 aliphatic carbocycles. The number of hydrogen-bond donors (Lipinski definition) is 2. The second-order valence-electron chi connectivity index (χ2n) is 7.96. The first-order valence-electron chi connectivity index (χ1n) is 10.6. The fourth-order valence-electron chi connectivity index (χ4n) is 3.79. The van der Waals surface area contributed by atoms with Crippen LogP contribution in [0.3, 0.4) is 0 Å². The first-order chi connectivity index (χ1) is 12.0. The van der Waals surface area contributed by atoms with E-state index in [1.165, 1.54) is 70.6 Å². The third-order valence-corrected chi connectivity index (χ3v) is 5.62. The maximum Gasteiger partial charge on any atom is 0.314 e. The largest absolute Gasteiger partial charge is 0.456 e. The molecular formula is C21H40O4. The van der Waals surface area contributed by atoms with Gasteiger partial charge in [-0.3, -0.25) is 4.79 Å². The fraction of sp³-hybridized carbons (Fsp3) is 0.952. The van der Waals surface area contributed by atoms with Gasteiger partial charge in [-0.2, -0.15) is 0 Å². The zero-order chi connectivity index (χ0) is 18.5. The van der Waals surface area contributed by atoms with E-state index in [-0.39, 0.29) is 6.61 Å². The van der Waals surface area contributed by atoms with E-state index in [4.69, 9.17) is 9.84 Å². The molecule has 2 N–H and O–H groups in total. The Morgan fingerprint density at radius 2 is 1.32 bits per heavy atom. The lowest BCUT2D eigenvalue weighted by Crippen LogP contribution is -2.39. The van der Waals surface area contributed by atoms with Crippen molar-refractivity contribution in [3.05, 3.63) is 0 Å². The minimum absolute atomic E-state index is 0.339. The highest BCUT2D eigenvalue weighted by Gasteiger charge is 2.51. The van der Waals surface area contributed by atoms with Crippen LogP contribution in [-0.4, -0.2) is 34.5 Å². The molecule has 1 rings (SSSR count). The molecule has 0 radical (unpaired) electrons. The molecular weight excluding hydrogens is 316 g/mol. The second kappa shape index (κ2) is 12.7. The van der Waals surface area contributed by atoms with Crippen LogP contribution < -0.4 is 0 Å². The Bertz CT molecular complexity index is 358. The maximum atomic E-state index is 11.6. The lowest BCUT2D eigenvalue weighted by Gasteiger charge is -2.27. The molecule has 1 heterocycles. The number of rotatable bonds is 15. The summed E-state index contributed by atoms with van der Waals surface area (Å²) in [6.07, 6.45) is 16.7. The average molecular weight is 357 g/mol. The van der Waals surface area contributed by atoms with Crippen molar-refractivity contribution in [2.24, 2.45) is 5.92 Å². The molecule has 0 spiro atoms. The number of carbonyl (C=O) groups is 1. The Balaban J connectivity index is 1.94. The third kappa shape index (κ3) is 8.08. The van der Waals surface area contributed by atoms with Crippen LogP contribution in [0.15, 0.2) is 0 Å². The zero-order valence-electron chi connectivity index (χ0n) is 16.5. The van der Waals surface area contributed by atoms with Gasteiger partial charge >= 0.3 is 5.97 Å². The minimum atomic E-state index is -0.887. The van der Waals surface area contributed by atoms with E-state index < -0.39 is 23.6 Å². The van der Waals surface area contributed by atoms with Crippen molar-refractivity contribution >= 4 is 5.97 Å². The van der Waals surface area contributed by atoms with Crippen LogP contribution in [0.1, 0.15) is 104 Å². The number of carbonyl (C=O) groups excluding carboxylic acids is 1. The summed E-state index contributed by atoms with van der Waals surface area (Å²) in [6, 6.07) is 0. The van der Waals surface area contributed by atoms with Crippen LogP contribution in [0.2, 0.25) is 0 Å². The highest BCUT2D eigenvalue weighted by Crippen LogP contribution is 2.35. The lowest BCUT2D eigenvalue weighted by atomic mass is 9.87. The number of aliphatic hydroxyl groups excluding tert-OH is 2. The molecule has 3 unspecified atom stereocenters. The van der Waals surface area contributed by atoms with Gasteiger partial charge in [0.05, 0.1) is 6.61 Å². The molecule has 3 atom stereocenters. The van der Waals surface area contributed by atoms with E-state index in [0.717, 1.165) is 12.8 Å². The summed E-state index contributed by atoms with van der Waals surface area (Å²) in [6.45, 7) is 3.70. The maximum absolute atomic E-state index is 11.6. The van der Waals surface area contributed by atoms with Gasteiger partial charge in [0.2, 0.25) is 0 Å². The number of cyclic esters (lactones) is 1. The van der Waals surface area contributed by atoms with Crippen LogP contribution in [-0.2, 0) is 9.53 Å². The first kappa shape index (κ1) is 22.4. The monoisotopic (exact) mass is 356 g/mol. The van der Waals surface area contributed by atoms with Crippen molar-refractivity contribution in [3.8, 4) is 0 Å². The molecule has 0 amide bonds. The zero-order valence-corrected chi connectivity index (χ0v) is 16.5.